The van der Waals surface area contributed by atoms with Gasteiger partial charge in [-0.15, -0.1) is 0 Å². The van der Waals surface area contributed by atoms with E-state index in [0.717, 1.165) is 0 Å². The Kier molecular flexibility index (Phi) is 7.93. The molecule has 7 nitrogen and oxygen atoms in total. The van der Waals surface area contributed by atoms with Crippen molar-refractivity contribution in [1.82, 2.24) is 0 Å². The summed E-state index contributed by atoms with van der Waals surface area (Å²) in [4.78, 5) is 11.8. The number of likely N-dealkylation sites (N-methyl/N-ethyl adjacent to an activating group) is 1. The molecule has 0 aromatic heterocycles. The van der Waals surface area contributed by atoms with Crippen molar-refractivity contribution in [2.45, 2.75) is 6.04 Å². The maximum absolute atomic E-state index is 11.8. The summed E-state index contributed by atoms with van der Waals surface area (Å²) in [6.45, 7) is 0.791. The standard InChI is InChI=1S/C10H26NO6PSi/c1-11(2,3)7-8-17-18(12,13)9-10-19(14-4,15-5)16-6/h7-10H2,1-6H3. The summed E-state index contributed by atoms with van der Waals surface area (Å²) in [5, 5.41) is 0. The fourth-order valence-electron chi connectivity index (χ4n) is 1.35. The summed E-state index contributed by atoms with van der Waals surface area (Å²) in [6, 6.07) is 0.182. The molecule has 0 aliphatic rings. The number of rotatable bonds is 10. The minimum absolute atomic E-state index is 0.147. The van der Waals surface area contributed by atoms with Crippen LogP contribution in [0, 0.1) is 0 Å². The van der Waals surface area contributed by atoms with Gasteiger partial charge in [-0.2, -0.15) is 0 Å². The number of nitrogens with zero attached hydrogens (tertiary/aromatic N) is 1. The van der Waals surface area contributed by atoms with E-state index >= 15 is 0 Å². The molecule has 0 N–H and O–H groups in total. The maximum atomic E-state index is 11.8. The van der Waals surface area contributed by atoms with E-state index in [1.165, 1.54) is 21.3 Å². The molecule has 0 rings (SSSR count). The van der Waals surface area contributed by atoms with Gasteiger partial charge < -0.3 is 31.7 Å². The maximum Gasteiger partial charge on any atom is 0.500 e. The van der Waals surface area contributed by atoms with Crippen molar-refractivity contribution in [1.29, 1.82) is 0 Å². The molecular formula is C10H26NO6PSi. The van der Waals surface area contributed by atoms with Crippen LogP contribution in [0.3, 0.4) is 0 Å². The largest absolute Gasteiger partial charge is 0.778 e. The topological polar surface area (TPSA) is 77.1 Å². The van der Waals surface area contributed by atoms with Crippen LogP contribution in [0.15, 0.2) is 0 Å². The van der Waals surface area contributed by atoms with Crippen molar-refractivity contribution in [3.05, 3.63) is 0 Å². The Morgan fingerprint density at radius 1 is 1.11 bits per heavy atom. The van der Waals surface area contributed by atoms with Crippen molar-refractivity contribution in [2.75, 3.05) is 61.8 Å². The lowest BCUT2D eigenvalue weighted by atomic mass is 10.5. The molecule has 19 heavy (non-hydrogen) atoms. The van der Waals surface area contributed by atoms with Gasteiger partial charge in [0.1, 0.15) is 20.7 Å². The third-order valence-electron chi connectivity index (χ3n) is 2.67. The van der Waals surface area contributed by atoms with Crippen LogP contribution in [-0.4, -0.2) is 75.1 Å². The van der Waals surface area contributed by atoms with Gasteiger partial charge in [0.05, 0.1) is 21.1 Å². The van der Waals surface area contributed by atoms with Crippen LogP contribution in [0.25, 0.3) is 0 Å². The Labute approximate surface area is 116 Å². The quantitative estimate of drug-likeness (QED) is 0.324. The Morgan fingerprint density at radius 2 is 1.58 bits per heavy atom. The first kappa shape index (κ1) is 19.2. The number of quaternary nitrogens is 1. The normalized spacial score (nSPS) is 16.4. The number of hydrogen-bond donors (Lipinski definition) is 0. The van der Waals surface area contributed by atoms with Gasteiger partial charge in [-0.25, -0.2) is 0 Å². The lowest BCUT2D eigenvalue weighted by molar-refractivity contribution is -0.870. The molecule has 9 heteroatoms. The van der Waals surface area contributed by atoms with Gasteiger partial charge in [-0.3, -0.25) is 0 Å². The predicted molar refractivity (Wildman–Crippen MR) is 72.9 cm³/mol. The van der Waals surface area contributed by atoms with Gasteiger partial charge in [0.15, 0.2) is 0 Å². The second-order valence-electron chi connectivity index (χ2n) is 5.23. The lowest BCUT2D eigenvalue weighted by Gasteiger charge is -2.30. The fourth-order valence-corrected chi connectivity index (χ4v) is 5.14. The van der Waals surface area contributed by atoms with Crippen LogP contribution in [0.1, 0.15) is 0 Å². The van der Waals surface area contributed by atoms with Gasteiger partial charge in [0, 0.05) is 33.5 Å². The Morgan fingerprint density at radius 3 is 1.95 bits per heavy atom. The zero-order chi connectivity index (χ0) is 15.2. The zero-order valence-corrected chi connectivity index (χ0v) is 14.6. The van der Waals surface area contributed by atoms with E-state index in [0.29, 0.717) is 11.0 Å². The van der Waals surface area contributed by atoms with E-state index in [-0.39, 0.29) is 18.8 Å². The molecule has 0 spiro atoms. The average Bonchev–Trinajstić information content (AvgIpc) is 2.29. The van der Waals surface area contributed by atoms with Crippen LogP contribution in [0.5, 0.6) is 0 Å². The molecule has 0 fully saturated rings. The summed E-state index contributed by atoms with van der Waals surface area (Å²) in [6.07, 6.45) is -0.147. The lowest BCUT2D eigenvalue weighted by Crippen LogP contribution is -2.43. The highest BCUT2D eigenvalue weighted by Gasteiger charge is 2.38. The van der Waals surface area contributed by atoms with Crippen molar-refractivity contribution in [2.24, 2.45) is 0 Å². The van der Waals surface area contributed by atoms with Gasteiger partial charge in [-0.05, 0) is 0 Å². The molecule has 0 radical (unpaired) electrons. The first-order chi connectivity index (χ1) is 8.60. The highest BCUT2D eigenvalue weighted by Crippen LogP contribution is 2.39. The van der Waals surface area contributed by atoms with Crippen molar-refractivity contribution >= 4 is 16.4 Å². The van der Waals surface area contributed by atoms with Gasteiger partial charge >= 0.3 is 8.80 Å². The molecule has 0 saturated carbocycles. The molecule has 0 aliphatic carbocycles. The molecule has 0 bridgehead atoms. The molecule has 0 saturated heterocycles. The van der Waals surface area contributed by atoms with Crippen molar-refractivity contribution < 1.29 is 31.7 Å². The van der Waals surface area contributed by atoms with E-state index in [4.69, 9.17) is 17.8 Å². The minimum atomic E-state index is -3.88. The summed E-state index contributed by atoms with van der Waals surface area (Å²) >= 11 is 0. The molecule has 116 valence electrons. The fraction of sp³-hybridized carbons (Fsp3) is 1.00. The molecule has 0 aliphatic heterocycles. The molecule has 0 amide bonds. The number of hydrogen-bond acceptors (Lipinski definition) is 6. The van der Waals surface area contributed by atoms with E-state index in [2.05, 4.69) is 0 Å². The summed E-state index contributed by atoms with van der Waals surface area (Å²) < 4.78 is 32.9. The Balaban J connectivity index is 4.26. The Bertz CT molecular complexity index is 297. The van der Waals surface area contributed by atoms with E-state index < -0.39 is 16.4 Å². The van der Waals surface area contributed by atoms with E-state index in [1.807, 2.05) is 21.1 Å². The average molecular weight is 315 g/mol. The third-order valence-corrected chi connectivity index (χ3v) is 7.17. The third kappa shape index (κ3) is 8.16. The minimum Gasteiger partial charge on any atom is -0.778 e. The monoisotopic (exact) mass is 315 g/mol. The van der Waals surface area contributed by atoms with Gasteiger partial charge in [0.2, 0.25) is 0 Å². The second kappa shape index (κ2) is 7.85. The molecule has 0 aromatic carbocycles. The van der Waals surface area contributed by atoms with Crippen LogP contribution < -0.4 is 4.89 Å². The van der Waals surface area contributed by atoms with E-state index in [9.17, 15) is 9.46 Å². The summed E-state index contributed by atoms with van der Waals surface area (Å²) in [5.74, 6) is 0. The SMILES string of the molecule is CO[Si](CCP(=O)([O-])OCC[N+](C)(C)C)(OC)OC. The van der Waals surface area contributed by atoms with Crippen LogP contribution in [-0.2, 0) is 22.4 Å². The summed E-state index contributed by atoms with van der Waals surface area (Å²) in [7, 11) is 3.52. The van der Waals surface area contributed by atoms with Gasteiger partial charge in [0.25, 0.3) is 0 Å². The second-order valence-corrected chi connectivity index (χ2v) is 10.2. The predicted octanol–water partition coefficient (Wildman–Crippen LogP) is 0.141. The smallest absolute Gasteiger partial charge is 0.500 e. The van der Waals surface area contributed by atoms with Crippen LogP contribution >= 0.6 is 7.60 Å². The first-order valence-corrected chi connectivity index (χ1v) is 9.66. The molecule has 0 heterocycles. The molecule has 1 atom stereocenters. The van der Waals surface area contributed by atoms with Crippen LogP contribution in [0.4, 0.5) is 0 Å². The highest BCUT2D eigenvalue weighted by atomic mass is 31.2. The van der Waals surface area contributed by atoms with Crippen molar-refractivity contribution in [3.63, 3.8) is 0 Å². The van der Waals surface area contributed by atoms with Crippen molar-refractivity contribution in [3.8, 4) is 0 Å². The Hall–Kier alpha value is 0.207. The van der Waals surface area contributed by atoms with Crippen LogP contribution in [0.2, 0.25) is 6.04 Å². The zero-order valence-electron chi connectivity index (χ0n) is 12.7. The molecule has 0 aromatic rings. The highest BCUT2D eigenvalue weighted by molar-refractivity contribution is 7.51. The summed E-state index contributed by atoms with van der Waals surface area (Å²) in [5.41, 5.74) is 0. The van der Waals surface area contributed by atoms with Gasteiger partial charge in [-0.1, -0.05) is 0 Å². The van der Waals surface area contributed by atoms with E-state index in [1.54, 1.807) is 0 Å². The molecular weight excluding hydrogens is 289 g/mol. The first-order valence-electron chi connectivity index (χ1n) is 6.00. The molecule has 1 unspecified atom stereocenters.